The summed E-state index contributed by atoms with van der Waals surface area (Å²) in [5, 5.41) is 11.8. The number of hydrogen-bond acceptors (Lipinski definition) is 6. The van der Waals surface area contributed by atoms with Gasteiger partial charge in [0.15, 0.2) is 5.17 Å². The van der Waals surface area contributed by atoms with E-state index in [9.17, 15) is 24.1 Å². The molecule has 2 N–H and O–H groups in total. The third kappa shape index (κ3) is 4.86. The van der Waals surface area contributed by atoms with Crippen molar-refractivity contribution in [3.05, 3.63) is 111 Å². The molecule has 1 aliphatic heterocycles. The SMILES string of the molecule is NC(=O)c1ccc(CSC2=N/C(=C\c3ccccc3)C(=O)N2c2ccc(F)cc2)c([N+](=O)[O-])c1. The Labute approximate surface area is 197 Å². The highest BCUT2D eigenvalue weighted by molar-refractivity contribution is 8.13. The molecule has 3 aromatic carbocycles. The molecule has 0 fully saturated rings. The molecular formula is C24H17FN4O4S. The number of nitrogens with zero attached hydrogens (tertiary/aromatic N) is 3. The summed E-state index contributed by atoms with van der Waals surface area (Å²) in [6.07, 6.45) is 1.64. The molecule has 0 unspecified atom stereocenters. The van der Waals surface area contributed by atoms with E-state index in [0.29, 0.717) is 11.3 Å². The maximum atomic E-state index is 13.5. The van der Waals surface area contributed by atoms with Crippen LogP contribution in [0.15, 0.2) is 83.5 Å². The number of rotatable bonds is 6. The van der Waals surface area contributed by atoms with Crippen LogP contribution in [0.5, 0.6) is 0 Å². The van der Waals surface area contributed by atoms with Crippen molar-refractivity contribution in [3.8, 4) is 0 Å². The first-order valence-electron chi connectivity index (χ1n) is 9.99. The monoisotopic (exact) mass is 476 g/mol. The number of nitrogens with two attached hydrogens (primary N) is 1. The highest BCUT2D eigenvalue weighted by Crippen LogP contribution is 2.33. The second-order valence-electron chi connectivity index (χ2n) is 7.21. The second kappa shape index (κ2) is 9.67. The van der Waals surface area contributed by atoms with E-state index in [1.807, 2.05) is 30.3 Å². The molecule has 8 nitrogen and oxygen atoms in total. The Balaban J connectivity index is 1.68. The van der Waals surface area contributed by atoms with Crippen molar-refractivity contribution in [1.29, 1.82) is 0 Å². The third-order valence-corrected chi connectivity index (χ3v) is 5.93. The number of nitro groups is 1. The molecule has 4 rings (SSSR count). The molecule has 34 heavy (non-hydrogen) atoms. The van der Waals surface area contributed by atoms with E-state index in [-0.39, 0.29) is 27.9 Å². The van der Waals surface area contributed by atoms with Crippen LogP contribution in [0, 0.1) is 15.9 Å². The summed E-state index contributed by atoms with van der Waals surface area (Å²) in [4.78, 5) is 41.3. The summed E-state index contributed by atoms with van der Waals surface area (Å²) in [5.41, 5.74) is 6.68. The van der Waals surface area contributed by atoms with Crippen LogP contribution in [0.25, 0.3) is 6.08 Å². The number of carbonyl (C=O) groups is 2. The summed E-state index contributed by atoms with van der Waals surface area (Å²) in [6.45, 7) is 0. The molecule has 0 bridgehead atoms. The second-order valence-corrected chi connectivity index (χ2v) is 8.15. The van der Waals surface area contributed by atoms with Gasteiger partial charge in [-0.05, 0) is 42.0 Å². The zero-order valence-corrected chi connectivity index (χ0v) is 18.4. The molecule has 0 spiro atoms. The lowest BCUT2D eigenvalue weighted by molar-refractivity contribution is -0.385. The number of halogens is 1. The number of benzene rings is 3. The molecule has 0 aromatic heterocycles. The predicted octanol–water partition coefficient (Wildman–Crippen LogP) is 4.51. The van der Waals surface area contributed by atoms with Gasteiger partial charge < -0.3 is 5.73 Å². The van der Waals surface area contributed by atoms with Gasteiger partial charge in [-0.3, -0.25) is 24.6 Å². The lowest BCUT2D eigenvalue weighted by Gasteiger charge is -2.17. The van der Waals surface area contributed by atoms with Gasteiger partial charge in [-0.1, -0.05) is 48.2 Å². The maximum Gasteiger partial charge on any atom is 0.283 e. The summed E-state index contributed by atoms with van der Waals surface area (Å²) in [5.74, 6) is -1.54. The average Bonchev–Trinajstić information content (AvgIpc) is 3.13. The number of anilines is 1. The summed E-state index contributed by atoms with van der Waals surface area (Å²) in [7, 11) is 0. The van der Waals surface area contributed by atoms with Crippen molar-refractivity contribution < 1.29 is 18.9 Å². The number of amidine groups is 1. The molecule has 0 saturated heterocycles. The number of thioether (sulfide) groups is 1. The fourth-order valence-electron chi connectivity index (χ4n) is 3.27. The summed E-state index contributed by atoms with van der Waals surface area (Å²) >= 11 is 1.11. The van der Waals surface area contributed by atoms with Crippen molar-refractivity contribution in [3.63, 3.8) is 0 Å². The Morgan fingerprint density at radius 2 is 1.82 bits per heavy atom. The van der Waals surface area contributed by atoms with Crippen LogP contribution in [0.1, 0.15) is 21.5 Å². The van der Waals surface area contributed by atoms with Gasteiger partial charge in [0.25, 0.3) is 11.6 Å². The van der Waals surface area contributed by atoms with Crippen LogP contribution in [0.2, 0.25) is 0 Å². The van der Waals surface area contributed by atoms with Gasteiger partial charge in [0, 0.05) is 22.9 Å². The number of primary amides is 1. The molecule has 0 radical (unpaired) electrons. The summed E-state index contributed by atoms with van der Waals surface area (Å²) in [6, 6.07) is 18.5. The van der Waals surface area contributed by atoms with Gasteiger partial charge in [0.2, 0.25) is 5.91 Å². The first-order valence-corrected chi connectivity index (χ1v) is 11.0. The van der Waals surface area contributed by atoms with E-state index >= 15 is 0 Å². The lowest BCUT2D eigenvalue weighted by Crippen LogP contribution is -2.30. The minimum Gasteiger partial charge on any atom is -0.366 e. The van der Waals surface area contributed by atoms with Gasteiger partial charge in [0.1, 0.15) is 11.5 Å². The van der Waals surface area contributed by atoms with E-state index < -0.39 is 22.6 Å². The lowest BCUT2D eigenvalue weighted by atomic mass is 10.1. The predicted molar refractivity (Wildman–Crippen MR) is 129 cm³/mol. The first kappa shape index (κ1) is 22.9. The number of aliphatic imine (C=N–C) groups is 1. The number of hydrogen-bond donors (Lipinski definition) is 1. The minimum absolute atomic E-state index is 0.0230. The molecule has 0 atom stereocenters. The van der Waals surface area contributed by atoms with E-state index in [2.05, 4.69) is 4.99 Å². The van der Waals surface area contributed by atoms with E-state index in [1.165, 1.54) is 41.3 Å². The van der Waals surface area contributed by atoms with Gasteiger partial charge in [0.05, 0.1) is 10.6 Å². The fraction of sp³-hybridized carbons (Fsp3) is 0.0417. The van der Waals surface area contributed by atoms with Crippen LogP contribution >= 0.6 is 11.8 Å². The molecule has 0 aliphatic carbocycles. The zero-order chi connectivity index (χ0) is 24.2. The van der Waals surface area contributed by atoms with E-state index in [4.69, 9.17) is 5.73 Å². The molecule has 170 valence electrons. The Hall–Kier alpha value is -4.31. The largest absolute Gasteiger partial charge is 0.366 e. The Morgan fingerprint density at radius 1 is 1.12 bits per heavy atom. The van der Waals surface area contributed by atoms with Crippen molar-refractivity contribution >= 4 is 46.2 Å². The number of carbonyl (C=O) groups excluding carboxylic acids is 2. The van der Waals surface area contributed by atoms with Crippen LogP contribution < -0.4 is 10.6 Å². The quantitative estimate of drug-likeness (QED) is 0.319. The highest BCUT2D eigenvalue weighted by atomic mass is 32.2. The van der Waals surface area contributed by atoms with Crippen LogP contribution in [0.4, 0.5) is 15.8 Å². The number of amides is 2. The Morgan fingerprint density at radius 3 is 2.47 bits per heavy atom. The zero-order valence-electron chi connectivity index (χ0n) is 17.6. The minimum atomic E-state index is -0.772. The molecule has 10 heteroatoms. The Kier molecular flexibility index (Phi) is 6.51. The van der Waals surface area contributed by atoms with Gasteiger partial charge in [-0.25, -0.2) is 9.38 Å². The highest BCUT2D eigenvalue weighted by Gasteiger charge is 2.32. The fourth-order valence-corrected chi connectivity index (χ4v) is 4.28. The summed E-state index contributed by atoms with van der Waals surface area (Å²) < 4.78 is 13.5. The normalized spacial score (nSPS) is 14.4. The molecule has 0 saturated carbocycles. The number of nitro benzene ring substituents is 1. The topological polar surface area (TPSA) is 119 Å². The van der Waals surface area contributed by atoms with Crippen LogP contribution in [-0.2, 0) is 10.5 Å². The van der Waals surface area contributed by atoms with Crippen molar-refractivity contribution in [2.75, 3.05) is 4.90 Å². The molecule has 1 heterocycles. The molecule has 1 aliphatic rings. The van der Waals surface area contributed by atoms with Gasteiger partial charge in [-0.2, -0.15) is 0 Å². The van der Waals surface area contributed by atoms with Crippen LogP contribution in [-0.4, -0.2) is 21.9 Å². The third-order valence-electron chi connectivity index (χ3n) is 4.94. The van der Waals surface area contributed by atoms with Crippen LogP contribution in [0.3, 0.4) is 0 Å². The van der Waals surface area contributed by atoms with Crippen molar-refractivity contribution in [2.45, 2.75) is 5.75 Å². The van der Waals surface area contributed by atoms with Crippen molar-refractivity contribution in [2.24, 2.45) is 10.7 Å². The first-order chi connectivity index (χ1) is 16.3. The molecule has 2 amide bonds. The van der Waals surface area contributed by atoms with E-state index in [0.717, 1.165) is 23.4 Å². The average molecular weight is 476 g/mol. The standard InChI is InChI=1S/C24H17FN4O4S/c25-18-8-10-19(11-9-18)28-23(31)20(12-15-4-2-1-3-5-15)27-24(28)34-14-17-7-6-16(22(26)30)13-21(17)29(32)33/h1-13H,14H2,(H2,26,30)/b20-12-. The smallest absolute Gasteiger partial charge is 0.283 e. The molecule has 3 aromatic rings. The van der Waals surface area contributed by atoms with Gasteiger partial charge in [-0.15, -0.1) is 0 Å². The maximum absolute atomic E-state index is 13.5. The Bertz CT molecular complexity index is 1340. The van der Waals surface area contributed by atoms with Crippen molar-refractivity contribution in [1.82, 2.24) is 0 Å². The van der Waals surface area contributed by atoms with Gasteiger partial charge >= 0.3 is 0 Å². The molecular weight excluding hydrogens is 459 g/mol. The van der Waals surface area contributed by atoms with E-state index in [1.54, 1.807) is 6.08 Å².